The van der Waals surface area contributed by atoms with E-state index in [1.807, 2.05) is 35.7 Å². The van der Waals surface area contributed by atoms with Crippen LogP contribution in [0.25, 0.3) is 10.2 Å². The van der Waals surface area contributed by atoms with E-state index in [4.69, 9.17) is 5.11 Å². The fraction of sp³-hybridized carbons (Fsp3) is 0.143. The molecule has 19 heavy (non-hydrogen) atoms. The molecule has 0 bridgehead atoms. The molecule has 2 heterocycles. The predicted octanol–water partition coefficient (Wildman–Crippen LogP) is 2.80. The van der Waals surface area contributed by atoms with Crippen LogP contribution in [0.15, 0.2) is 42.0 Å². The predicted molar refractivity (Wildman–Crippen MR) is 77.1 cm³/mol. The van der Waals surface area contributed by atoms with Crippen molar-refractivity contribution in [1.29, 1.82) is 0 Å². The van der Waals surface area contributed by atoms with E-state index in [1.54, 1.807) is 17.7 Å². The maximum absolute atomic E-state index is 9.12. The molecule has 1 aromatic carbocycles. The van der Waals surface area contributed by atoms with E-state index in [-0.39, 0.29) is 6.61 Å². The van der Waals surface area contributed by atoms with Crippen LogP contribution in [-0.2, 0) is 13.2 Å². The van der Waals surface area contributed by atoms with Crippen LogP contribution in [-0.4, -0.2) is 15.1 Å². The molecule has 0 aliphatic carbocycles. The number of aromatic nitrogens is 2. The number of fused-ring (bicyclic) bond motifs is 1. The van der Waals surface area contributed by atoms with Crippen molar-refractivity contribution in [3.63, 3.8) is 0 Å². The number of thiophene rings is 1. The van der Waals surface area contributed by atoms with E-state index in [1.165, 1.54) is 0 Å². The first kappa shape index (κ1) is 12.1. The summed E-state index contributed by atoms with van der Waals surface area (Å²) in [6, 6.07) is 9.85. The highest BCUT2D eigenvalue weighted by atomic mass is 32.1. The molecule has 2 aromatic heterocycles. The first-order chi connectivity index (χ1) is 9.36. The molecule has 3 aromatic rings. The quantitative estimate of drug-likeness (QED) is 0.766. The van der Waals surface area contributed by atoms with Crippen LogP contribution in [0.3, 0.4) is 0 Å². The number of nitrogens with one attached hydrogen (secondary N) is 1. The van der Waals surface area contributed by atoms with Crippen LogP contribution < -0.4 is 5.32 Å². The highest BCUT2D eigenvalue weighted by molar-refractivity contribution is 7.17. The van der Waals surface area contributed by atoms with Crippen LogP contribution in [0.1, 0.15) is 11.1 Å². The number of benzene rings is 1. The van der Waals surface area contributed by atoms with Gasteiger partial charge < -0.3 is 10.4 Å². The highest BCUT2D eigenvalue weighted by Gasteiger charge is 2.04. The summed E-state index contributed by atoms with van der Waals surface area (Å²) >= 11 is 1.63. The summed E-state index contributed by atoms with van der Waals surface area (Å²) in [6.07, 6.45) is 1.57. The van der Waals surface area contributed by atoms with Crippen molar-refractivity contribution < 1.29 is 5.11 Å². The van der Waals surface area contributed by atoms with E-state index < -0.39 is 0 Å². The molecule has 0 unspecified atom stereocenters. The van der Waals surface area contributed by atoms with Crippen LogP contribution in [0.2, 0.25) is 0 Å². The summed E-state index contributed by atoms with van der Waals surface area (Å²) in [5.41, 5.74) is 3.00. The standard InChI is InChI=1S/C14H13N3OS/c18-8-11-3-1-2-10(6-11)7-15-14-13-12(4-5-19-13)16-9-17-14/h1-6,9,18H,7-8H2,(H,15,16,17). The van der Waals surface area contributed by atoms with Crippen LogP contribution in [0.4, 0.5) is 5.82 Å². The summed E-state index contributed by atoms with van der Waals surface area (Å²) in [4.78, 5) is 8.49. The Kier molecular flexibility index (Phi) is 3.39. The van der Waals surface area contributed by atoms with E-state index in [0.29, 0.717) is 6.54 Å². The van der Waals surface area contributed by atoms with Crippen molar-refractivity contribution in [3.8, 4) is 0 Å². The molecule has 4 nitrogen and oxygen atoms in total. The van der Waals surface area contributed by atoms with Crippen LogP contribution >= 0.6 is 11.3 Å². The Hall–Kier alpha value is -1.98. The van der Waals surface area contributed by atoms with Crippen LogP contribution in [0, 0.1) is 0 Å². The molecule has 0 radical (unpaired) electrons. The first-order valence-corrected chi connectivity index (χ1v) is 6.85. The summed E-state index contributed by atoms with van der Waals surface area (Å²) in [7, 11) is 0. The largest absolute Gasteiger partial charge is 0.392 e. The Morgan fingerprint density at radius 3 is 2.95 bits per heavy atom. The minimum Gasteiger partial charge on any atom is -0.392 e. The zero-order valence-electron chi connectivity index (χ0n) is 10.2. The van der Waals surface area contributed by atoms with Crippen molar-refractivity contribution in [2.24, 2.45) is 0 Å². The van der Waals surface area contributed by atoms with E-state index >= 15 is 0 Å². The van der Waals surface area contributed by atoms with Crippen molar-refractivity contribution in [2.45, 2.75) is 13.2 Å². The van der Waals surface area contributed by atoms with Gasteiger partial charge in [0, 0.05) is 6.54 Å². The van der Waals surface area contributed by atoms with Crippen molar-refractivity contribution >= 4 is 27.4 Å². The second-order valence-corrected chi connectivity index (χ2v) is 5.10. The van der Waals surface area contributed by atoms with Gasteiger partial charge in [-0.3, -0.25) is 0 Å². The fourth-order valence-electron chi connectivity index (χ4n) is 1.94. The van der Waals surface area contributed by atoms with E-state index in [9.17, 15) is 0 Å². The number of aliphatic hydroxyl groups is 1. The van der Waals surface area contributed by atoms with Gasteiger partial charge in [0.05, 0.1) is 16.8 Å². The Bertz CT molecular complexity index is 696. The molecule has 0 spiro atoms. The van der Waals surface area contributed by atoms with E-state index in [0.717, 1.165) is 27.2 Å². The van der Waals surface area contributed by atoms with Crippen molar-refractivity contribution in [1.82, 2.24) is 9.97 Å². The molecule has 0 fully saturated rings. The third-order valence-corrected chi connectivity index (χ3v) is 3.79. The Labute approximate surface area is 114 Å². The Morgan fingerprint density at radius 2 is 2.05 bits per heavy atom. The molecule has 2 N–H and O–H groups in total. The zero-order valence-corrected chi connectivity index (χ0v) is 11.0. The van der Waals surface area contributed by atoms with Gasteiger partial charge in [-0.05, 0) is 22.6 Å². The highest BCUT2D eigenvalue weighted by Crippen LogP contribution is 2.25. The summed E-state index contributed by atoms with van der Waals surface area (Å²) in [5, 5.41) is 14.5. The minimum absolute atomic E-state index is 0.0660. The molecule has 0 amide bonds. The lowest BCUT2D eigenvalue weighted by Gasteiger charge is -2.07. The first-order valence-electron chi connectivity index (χ1n) is 5.97. The minimum atomic E-state index is 0.0660. The third kappa shape index (κ3) is 2.57. The average molecular weight is 271 g/mol. The summed E-state index contributed by atoms with van der Waals surface area (Å²) in [5.74, 6) is 0.856. The number of hydrogen-bond acceptors (Lipinski definition) is 5. The van der Waals surface area contributed by atoms with Gasteiger partial charge in [-0.25, -0.2) is 9.97 Å². The van der Waals surface area contributed by atoms with E-state index in [2.05, 4.69) is 15.3 Å². The SMILES string of the molecule is OCc1cccc(CNc2ncnc3ccsc23)c1. The van der Waals surface area contributed by atoms with Gasteiger partial charge in [-0.2, -0.15) is 0 Å². The summed E-state index contributed by atoms with van der Waals surface area (Å²) < 4.78 is 1.07. The zero-order chi connectivity index (χ0) is 13.1. The molecule has 0 atom stereocenters. The maximum atomic E-state index is 9.12. The topological polar surface area (TPSA) is 58.0 Å². The van der Waals surface area contributed by atoms with Gasteiger partial charge in [-0.15, -0.1) is 11.3 Å². The van der Waals surface area contributed by atoms with Gasteiger partial charge in [0.15, 0.2) is 0 Å². The lowest BCUT2D eigenvalue weighted by Crippen LogP contribution is -2.02. The average Bonchev–Trinajstić information content (AvgIpc) is 2.94. The van der Waals surface area contributed by atoms with Crippen molar-refractivity contribution in [2.75, 3.05) is 5.32 Å². The fourth-order valence-corrected chi connectivity index (χ4v) is 2.75. The van der Waals surface area contributed by atoms with Crippen molar-refractivity contribution in [3.05, 3.63) is 53.2 Å². The molecular weight excluding hydrogens is 258 g/mol. The number of nitrogens with zero attached hydrogens (tertiary/aromatic N) is 2. The third-order valence-electron chi connectivity index (χ3n) is 2.88. The Balaban J connectivity index is 1.80. The normalized spacial score (nSPS) is 10.8. The van der Waals surface area contributed by atoms with Gasteiger partial charge in [-0.1, -0.05) is 24.3 Å². The number of aliphatic hydroxyl groups excluding tert-OH is 1. The maximum Gasteiger partial charge on any atom is 0.147 e. The molecule has 96 valence electrons. The molecule has 0 aliphatic heterocycles. The van der Waals surface area contributed by atoms with Gasteiger partial charge in [0.25, 0.3) is 0 Å². The molecule has 0 aliphatic rings. The number of rotatable bonds is 4. The van der Waals surface area contributed by atoms with Gasteiger partial charge in [0.2, 0.25) is 0 Å². The smallest absolute Gasteiger partial charge is 0.147 e. The number of anilines is 1. The lowest BCUT2D eigenvalue weighted by molar-refractivity contribution is 0.281. The molecule has 5 heteroatoms. The summed E-state index contributed by atoms with van der Waals surface area (Å²) in [6.45, 7) is 0.744. The van der Waals surface area contributed by atoms with Gasteiger partial charge in [0.1, 0.15) is 12.1 Å². The monoisotopic (exact) mass is 271 g/mol. The molecule has 0 saturated heterocycles. The van der Waals surface area contributed by atoms with Gasteiger partial charge >= 0.3 is 0 Å². The molecular formula is C14H13N3OS. The molecule has 0 saturated carbocycles. The lowest BCUT2D eigenvalue weighted by atomic mass is 10.1. The second-order valence-electron chi connectivity index (χ2n) is 4.19. The molecule has 3 rings (SSSR count). The Morgan fingerprint density at radius 1 is 1.16 bits per heavy atom. The second kappa shape index (κ2) is 5.34. The van der Waals surface area contributed by atoms with Crippen LogP contribution in [0.5, 0.6) is 0 Å². The number of hydrogen-bond donors (Lipinski definition) is 2.